The molecule has 4 aliphatic rings. The van der Waals surface area contributed by atoms with E-state index in [0.717, 1.165) is 5.92 Å². The third-order valence-corrected chi connectivity index (χ3v) is 3.87. The Hall–Kier alpha value is 0. The van der Waals surface area contributed by atoms with E-state index >= 15 is 0 Å². The molecule has 0 aromatic heterocycles. The number of hydrogen-bond donors (Lipinski definition) is 0. The lowest BCUT2D eigenvalue weighted by atomic mass is 10.0. The zero-order chi connectivity index (χ0) is 23.5. The van der Waals surface area contributed by atoms with E-state index in [-0.39, 0.29) is 7.43 Å². The maximum absolute atomic E-state index is 2.28. The highest BCUT2D eigenvalue weighted by Gasteiger charge is 2.12. The topological polar surface area (TPSA) is 0 Å². The molecule has 4 saturated carbocycles. The lowest BCUT2D eigenvalue weighted by Gasteiger charge is -2.05. The van der Waals surface area contributed by atoms with Crippen molar-refractivity contribution in [2.45, 2.75) is 187 Å². The summed E-state index contributed by atoms with van der Waals surface area (Å²) in [6, 6.07) is 0. The zero-order valence-corrected chi connectivity index (χ0v) is 23.5. The van der Waals surface area contributed by atoms with Gasteiger partial charge in [-0.2, -0.15) is 0 Å². The summed E-state index contributed by atoms with van der Waals surface area (Å²) in [4.78, 5) is 0. The Kier molecular flexibility index (Phi) is 114. The van der Waals surface area contributed by atoms with E-state index in [4.69, 9.17) is 0 Å². The molecule has 0 heterocycles. The summed E-state index contributed by atoms with van der Waals surface area (Å²) in [5.74, 6) is 1.08. The average molecular weight is 421 g/mol. The second kappa shape index (κ2) is 70.6. The fourth-order valence-electron chi connectivity index (χ4n) is 0.917. The van der Waals surface area contributed by atoms with E-state index in [1.165, 1.54) is 89.9 Å². The van der Waals surface area contributed by atoms with Crippen LogP contribution in [0.1, 0.15) is 187 Å². The Morgan fingerprint density at radius 2 is 0.379 bits per heavy atom. The van der Waals surface area contributed by atoms with Crippen molar-refractivity contribution in [2.75, 3.05) is 0 Å². The smallest absolute Gasteiger partial charge is 0.0443 e. The quantitative estimate of drug-likeness (QED) is 0.365. The van der Waals surface area contributed by atoms with Crippen molar-refractivity contribution in [3.63, 3.8) is 0 Å². The summed E-state index contributed by atoms with van der Waals surface area (Å²) in [5.41, 5.74) is 0. The lowest BCUT2D eigenvalue weighted by molar-refractivity contribution is 0.504. The van der Waals surface area contributed by atoms with Crippen LogP contribution in [-0.4, -0.2) is 0 Å². The van der Waals surface area contributed by atoms with Crippen LogP contribution in [0.15, 0.2) is 0 Å². The van der Waals surface area contributed by atoms with E-state index in [1.807, 2.05) is 83.1 Å². The average Bonchev–Trinajstić information content (AvgIpc) is 3.43. The molecule has 0 nitrogen and oxygen atoms in total. The molecule has 188 valence electrons. The molecule has 4 fully saturated rings. The van der Waals surface area contributed by atoms with E-state index < -0.39 is 0 Å². The van der Waals surface area contributed by atoms with Gasteiger partial charge in [0.25, 0.3) is 0 Å². The van der Waals surface area contributed by atoms with Crippen LogP contribution in [0.25, 0.3) is 0 Å². The summed E-state index contributed by atoms with van der Waals surface area (Å²) in [6.07, 6.45) is 21.0. The third-order valence-electron chi connectivity index (χ3n) is 3.87. The summed E-state index contributed by atoms with van der Waals surface area (Å²) in [6.45, 7) is 26.3. The largest absolute Gasteiger partial charge is 0.0776 e. The summed E-state index contributed by atoms with van der Waals surface area (Å²) in [7, 11) is 0. The minimum Gasteiger partial charge on any atom is -0.0776 e. The molecule has 0 heteroatoms. The van der Waals surface area contributed by atoms with Gasteiger partial charge < -0.3 is 0 Å². The molecule has 4 aliphatic carbocycles. The standard InChI is InChI=1S/4C4H8.6C2H6.CH4/c1-4-2-3-4;3*1-2-4-3-1;6*1-2;/h4H,2-3H2,1H3;3*1-4H2;6*1-2H3;1H4. The highest BCUT2D eigenvalue weighted by Crippen LogP contribution is 2.26. The zero-order valence-electron chi connectivity index (χ0n) is 23.5. The van der Waals surface area contributed by atoms with Crippen LogP contribution in [0, 0.1) is 5.92 Å². The van der Waals surface area contributed by atoms with Crippen LogP contribution >= 0.6 is 0 Å². The Morgan fingerprint density at radius 3 is 0.379 bits per heavy atom. The molecule has 0 N–H and O–H groups in total. The minimum absolute atomic E-state index is 0. The van der Waals surface area contributed by atoms with Gasteiger partial charge >= 0.3 is 0 Å². The summed E-state index contributed by atoms with van der Waals surface area (Å²) < 4.78 is 0. The van der Waals surface area contributed by atoms with E-state index in [1.54, 1.807) is 0 Å². The van der Waals surface area contributed by atoms with Crippen LogP contribution in [0.4, 0.5) is 0 Å². The first kappa shape index (κ1) is 47.0. The van der Waals surface area contributed by atoms with Gasteiger partial charge in [0.15, 0.2) is 0 Å². The van der Waals surface area contributed by atoms with E-state index in [9.17, 15) is 0 Å². The van der Waals surface area contributed by atoms with Crippen molar-refractivity contribution in [3.8, 4) is 0 Å². The molecular formula is C29H72. The first-order valence-electron chi connectivity index (χ1n) is 13.9. The van der Waals surface area contributed by atoms with Gasteiger partial charge in [-0.1, -0.05) is 187 Å². The van der Waals surface area contributed by atoms with Crippen LogP contribution in [0.5, 0.6) is 0 Å². The Balaban J connectivity index is -0.0000000379. The second-order valence-corrected chi connectivity index (χ2v) is 5.93. The third kappa shape index (κ3) is 84.1. The van der Waals surface area contributed by atoms with E-state index in [0.29, 0.717) is 0 Å². The molecule has 0 spiro atoms. The first-order valence-corrected chi connectivity index (χ1v) is 13.9. The molecule has 29 heavy (non-hydrogen) atoms. The predicted molar refractivity (Wildman–Crippen MR) is 149 cm³/mol. The van der Waals surface area contributed by atoms with Gasteiger partial charge in [-0.25, -0.2) is 0 Å². The van der Waals surface area contributed by atoms with Crippen molar-refractivity contribution >= 4 is 0 Å². The molecule has 0 radical (unpaired) electrons. The van der Waals surface area contributed by atoms with Gasteiger partial charge in [-0.15, -0.1) is 0 Å². The molecule has 0 saturated heterocycles. The van der Waals surface area contributed by atoms with Gasteiger partial charge in [0, 0.05) is 0 Å². The SMILES string of the molecule is C.C1CCC1.C1CCC1.C1CCC1.CC.CC.CC.CC.CC.CC.CC1CC1. The van der Waals surface area contributed by atoms with Crippen LogP contribution in [-0.2, 0) is 0 Å². The fraction of sp³-hybridized carbons (Fsp3) is 1.00. The molecule has 0 amide bonds. The molecule has 0 atom stereocenters. The summed E-state index contributed by atoms with van der Waals surface area (Å²) >= 11 is 0. The van der Waals surface area contributed by atoms with Crippen molar-refractivity contribution in [3.05, 3.63) is 0 Å². The predicted octanol–water partition coefficient (Wildman–Crippen LogP) is 12.9. The molecule has 0 bridgehead atoms. The molecule has 0 aromatic rings. The van der Waals surface area contributed by atoms with Gasteiger partial charge in [-0.05, 0) is 5.92 Å². The van der Waals surface area contributed by atoms with Gasteiger partial charge in [0.1, 0.15) is 0 Å². The molecule has 0 aliphatic heterocycles. The Bertz CT molecular complexity index is 92.0. The van der Waals surface area contributed by atoms with Crippen molar-refractivity contribution < 1.29 is 0 Å². The van der Waals surface area contributed by atoms with Crippen molar-refractivity contribution in [1.82, 2.24) is 0 Å². The first-order chi connectivity index (χ1) is 13.9. The Morgan fingerprint density at radius 1 is 0.310 bits per heavy atom. The minimum atomic E-state index is 0. The molecule has 0 unspecified atom stereocenters. The van der Waals surface area contributed by atoms with Crippen molar-refractivity contribution in [2.24, 2.45) is 5.92 Å². The maximum Gasteiger partial charge on any atom is -0.0443 e. The van der Waals surface area contributed by atoms with Crippen LogP contribution in [0.3, 0.4) is 0 Å². The van der Waals surface area contributed by atoms with Crippen LogP contribution < -0.4 is 0 Å². The maximum atomic E-state index is 2.28. The Labute approximate surface area is 193 Å². The number of rotatable bonds is 0. The van der Waals surface area contributed by atoms with Gasteiger partial charge in [0.2, 0.25) is 0 Å². The highest BCUT2D eigenvalue weighted by atomic mass is 14.2. The summed E-state index contributed by atoms with van der Waals surface area (Å²) in [5, 5.41) is 0. The molecule has 4 rings (SSSR count). The highest BCUT2D eigenvalue weighted by molar-refractivity contribution is 4.65. The van der Waals surface area contributed by atoms with E-state index in [2.05, 4.69) is 6.92 Å². The number of hydrogen-bond acceptors (Lipinski definition) is 0. The molecule has 0 aromatic carbocycles. The molecular weight excluding hydrogens is 348 g/mol. The normalized spacial score (nSPS) is 14.8. The van der Waals surface area contributed by atoms with Gasteiger partial charge in [0.05, 0.1) is 0 Å². The second-order valence-electron chi connectivity index (χ2n) is 5.93. The van der Waals surface area contributed by atoms with Gasteiger partial charge in [-0.3, -0.25) is 0 Å². The fourth-order valence-corrected chi connectivity index (χ4v) is 0.917. The lowest BCUT2D eigenvalue weighted by Crippen LogP contribution is -1.85. The van der Waals surface area contributed by atoms with Crippen molar-refractivity contribution in [1.29, 1.82) is 0 Å². The monoisotopic (exact) mass is 421 g/mol. The van der Waals surface area contributed by atoms with Crippen LogP contribution in [0.2, 0.25) is 0 Å².